The first-order valence-corrected chi connectivity index (χ1v) is 8.21. The molecule has 0 aliphatic carbocycles. The second kappa shape index (κ2) is 5.90. The number of carboxylic acid groups (broad SMARTS) is 1. The maximum atomic E-state index is 11.4. The minimum atomic E-state index is -3.11. The Balaban J connectivity index is 1.96. The van der Waals surface area contributed by atoms with E-state index in [2.05, 4.69) is 4.90 Å². The lowest BCUT2D eigenvalue weighted by Gasteiger charge is -2.33. The zero-order valence-electron chi connectivity index (χ0n) is 11.3. The summed E-state index contributed by atoms with van der Waals surface area (Å²) in [6.07, 6.45) is 1.22. The third-order valence-electron chi connectivity index (χ3n) is 3.38. The van der Waals surface area contributed by atoms with Crippen molar-refractivity contribution >= 4 is 16.0 Å². The maximum Gasteiger partial charge on any atom is 0.335 e. The van der Waals surface area contributed by atoms with Gasteiger partial charge in [0.05, 0.1) is 11.8 Å². The van der Waals surface area contributed by atoms with Crippen LogP contribution in [0.2, 0.25) is 0 Å². The highest BCUT2D eigenvalue weighted by Crippen LogP contribution is 2.12. The van der Waals surface area contributed by atoms with Gasteiger partial charge in [-0.05, 0) is 17.7 Å². The summed E-state index contributed by atoms with van der Waals surface area (Å²) < 4.78 is 24.3. The van der Waals surface area contributed by atoms with Crippen LogP contribution >= 0.6 is 0 Å². The number of benzene rings is 1. The van der Waals surface area contributed by atoms with E-state index in [0.717, 1.165) is 5.56 Å². The Hall–Kier alpha value is -1.44. The predicted octanol–water partition coefficient (Wildman–Crippen LogP) is 0.462. The Kier molecular flexibility index (Phi) is 4.42. The molecule has 110 valence electrons. The van der Waals surface area contributed by atoms with E-state index in [-0.39, 0.29) is 5.56 Å². The van der Waals surface area contributed by atoms with Crippen molar-refractivity contribution in [1.82, 2.24) is 9.21 Å². The molecule has 1 heterocycles. The summed E-state index contributed by atoms with van der Waals surface area (Å²) in [7, 11) is -3.11. The maximum absolute atomic E-state index is 11.4. The van der Waals surface area contributed by atoms with E-state index < -0.39 is 16.0 Å². The van der Waals surface area contributed by atoms with E-state index in [0.29, 0.717) is 32.7 Å². The van der Waals surface area contributed by atoms with E-state index >= 15 is 0 Å². The Morgan fingerprint density at radius 1 is 1.25 bits per heavy atom. The van der Waals surface area contributed by atoms with Gasteiger partial charge in [-0.1, -0.05) is 12.1 Å². The minimum Gasteiger partial charge on any atom is -0.478 e. The van der Waals surface area contributed by atoms with Crippen molar-refractivity contribution in [2.75, 3.05) is 32.4 Å². The van der Waals surface area contributed by atoms with E-state index in [9.17, 15) is 13.2 Å². The van der Waals surface area contributed by atoms with Crippen molar-refractivity contribution < 1.29 is 18.3 Å². The van der Waals surface area contributed by atoms with Gasteiger partial charge in [0.25, 0.3) is 0 Å². The number of hydrogen-bond acceptors (Lipinski definition) is 4. The number of rotatable bonds is 4. The number of carbonyl (C=O) groups is 1. The van der Waals surface area contributed by atoms with Crippen LogP contribution in [0.4, 0.5) is 0 Å². The molecule has 0 aromatic heterocycles. The summed E-state index contributed by atoms with van der Waals surface area (Å²) in [5.74, 6) is -0.936. The van der Waals surface area contributed by atoms with Gasteiger partial charge in [0.15, 0.2) is 0 Å². The van der Waals surface area contributed by atoms with E-state index in [1.165, 1.54) is 10.6 Å². The molecule has 1 aromatic carbocycles. The van der Waals surface area contributed by atoms with Crippen molar-refractivity contribution in [1.29, 1.82) is 0 Å². The average molecular weight is 298 g/mol. The molecule has 0 saturated carbocycles. The zero-order valence-corrected chi connectivity index (χ0v) is 12.1. The van der Waals surface area contributed by atoms with Gasteiger partial charge in [-0.3, -0.25) is 4.90 Å². The normalized spacial score (nSPS) is 18.1. The van der Waals surface area contributed by atoms with Crippen LogP contribution in [0.15, 0.2) is 24.3 Å². The van der Waals surface area contributed by atoms with E-state index in [1.807, 2.05) is 6.07 Å². The summed E-state index contributed by atoms with van der Waals surface area (Å²) in [5, 5.41) is 8.95. The fourth-order valence-electron chi connectivity index (χ4n) is 2.28. The molecule has 1 saturated heterocycles. The Morgan fingerprint density at radius 2 is 1.90 bits per heavy atom. The van der Waals surface area contributed by atoms with Crippen LogP contribution in [0.5, 0.6) is 0 Å². The fourth-order valence-corrected chi connectivity index (χ4v) is 3.11. The monoisotopic (exact) mass is 298 g/mol. The Morgan fingerprint density at radius 3 is 2.45 bits per heavy atom. The largest absolute Gasteiger partial charge is 0.478 e. The first-order valence-electron chi connectivity index (χ1n) is 6.36. The van der Waals surface area contributed by atoms with Gasteiger partial charge in [0.2, 0.25) is 10.0 Å². The predicted molar refractivity (Wildman–Crippen MR) is 75.1 cm³/mol. The molecule has 1 aliphatic heterocycles. The van der Waals surface area contributed by atoms with Gasteiger partial charge in [0.1, 0.15) is 0 Å². The van der Waals surface area contributed by atoms with Crippen molar-refractivity contribution in [2.45, 2.75) is 6.54 Å². The summed E-state index contributed by atoms with van der Waals surface area (Å²) in [4.78, 5) is 13.0. The molecule has 0 spiro atoms. The molecule has 1 fully saturated rings. The van der Waals surface area contributed by atoms with Crippen LogP contribution < -0.4 is 0 Å². The highest BCUT2D eigenvalue weighted by Gasteiger charge is 2.23. The molecular weight excluding hydrogens is 280 g/mol. The first kappa shape index (κ1) is 15.0. The lowest BCUT2D eigenvalue weighted by atomic mass is 10.1. The third-order valence-corrected chi connectivity index (χ3v) is 4.68. The number of piperazine rings is 1. The van der Waals surface area contributed by atoms with Gasteiger partial charge < -0.3 is 5.11 Å². The second-order valence-corrected chi connectivity index (χ2v) is 6.93. The summed E-state index contributed by atoms with van der Waals surface area (Å²) in [5.41, 5.74) is 1.20. The smallest absolute Gasteiger partial charge is 0.335 e. The molecule has 1 aromatic rings. The van der Waals surface area contributed by atoms with Crippen LogP contribution in [0.3, 0.4) is 0 Å². The number of aromatic carboxylic acids is 1. The van der Waals surface area contributed by atoms with Crippen LogP contribution in [0.25, 0.3) is 0 Å². The minimum absolute atomic E-state index is 0.275. The summed E-state index contributed by atoms with van der Waals surface area (Å²) >= 11 is 0. The molecule has 7 heteroatoms. The van der Waals surface area contributed by atoms with Crippen molar-refractivity contribution in [3.63, 3.8) is 0 Å². The standard InChI is InChI=1S/C13H18N2O4S/c1-20(18,19)15-7-5-14(6-8-15)10-11-3-2-4-12(9-11)13(16)17/h2-4,9H,5-8,10H2,1H3,(H,16,17). The molecule has 2 rings (SSSR count). The van der Waals surface area contributed by atoms with E-state index in [1.54, 1.807) is 18.2 Å². The second-order valence-electron chi connectivity index (χ2n) is 4.94. The third kappa shape index (κ3) is 3.78. The number of nitrogens with zero attached hydrogens (tertiary/aromatic N) is 2. The number of hydrogen-bond donors (Lipinski definition) is 1. The highest BCUT2D eigenvalue weighted by atomic mass is 32.2. The highest BCUT2D eigenvalue weighted by molar-refractivity contribution is 7.88. The van der Waals surface area contributed by atoms with Gasteiger partial charge in [-0.25, -0.2) is 13.2 Å². The average Bonchev–Trinajstić information content (AvgIpc) is 2.38. The molecule has 0 atom stereocenters. The van der Waals surface area contributed by atoms with Gasteiger partial charge in [-0.15, -0.1) is 0 Å². The first-order chi connectivity index (χ1) is 9.36. The lowest BCUT2D eigenvalue weighted by Crippen LogP contribution is -2.47. The van der Waals surface area contributed by atoms with Crippen molar-refractivity contribution in [3.8, 4) is 0 Å². The van der Waals surface area contributed by atoms with E-state index in [4.69, 9.17) is 5.11 Å². The van der Waals surface area contributed by atoms with Crippen molar-refractivity contribution in [2.24, 2.45) is 0 Å². The Bertz CT molecular complexity index is 592. The fraction of sp³-hybridized carbons (Fsp3) is 0.462. The summed E-state index contributed by atoms with van der Waals surface area (Å²) in [6.45, 7) is 2.92. The van der Waals surface area contributed by atoms with Crippen LogP contribution in [-0.2, 0) is 16.6 Å². The van der Waals surface area contributed by atoms with Gasteiger partial charge >= 0.3 is 5.97 Å². The van der Waals surface area contributed by atoms with Crippen LogP contribution in [0, 0.1) is 0 Å². The molecule has 1 N–H and O–H groups in total. The molecule has 20 heavy (non-hydrogen) atoms. The molecule has 0 amide bonds. The molecular formula is C13H18N2O4S. The topological polar surface area (TPSA) is 77.9 Å². The number of sulfonamides is 1. The van der Waals surface area contributed by atoms with Crippen molar-refractivity contribution in [3.05, 3.63) is 35.4 Å². The SMILES string of the molecule is CS(=O)(=O)N1CCN(Cc2cccc(C(=O)O)c2)CC1. The summed E-state index contributed by atoms with van der Waals surface area (Å²) in [6, 6.07) is 6.83. The molecule has 0 unspecified atom stereocenters. The molecule has 0 radical (unpaired) electrons. The molecule has 6 nitrogen and oxygen atoms in total. The molecule has 1 aliphatic rings. The van der Waals surface area contributed by atoms with Crippen LogP contribution in [0.1, 0.15) is 15.9 Å². The Labute approximate surface area is 118 Å². The van der Waals surface area contributed by atoms with Crippen LogP contribution in [-0.4, -0.2) is 61.1 Å². The quantitative estimate of drug-likeness (QED) is 0.874. The lowest BCUT2D eigenvalue weighted by molar-refractivity contribution is 0.0696. The zero-order chi connectivity index (χ0) is 14.8. The number of carboxylic acids is 1. The van der Waals surface area contributed by atoms with Gasteiger partial charge in [0, 0.05) is 32.7 Å². The molecule has 0 bridgehead atoms. The van der Waals surface area contributed by atoms with Gasteiger partial charge in [-0.2, -0.15) is 4.31 Å².